The number of carboxylic acids is 1. The summed E-state index contributed by atoms with van der Waals surface area (Å²) < 4.78 is 5.17. The number of rotatable bonds is 4. The minimum absolute atomic E-state index is 0.00608. The molecule has 1 aliphatic rings. The normalized spacial score (nSPS) is 20.5. The lowest BCUT2D eigenvalue weighted by molar-refractivity contribution is -0.141. The molecule has 2 heterocycles. The molecule has 0 bridgehead atoms. The third-order valence-electron chi connectivity index (χ3n) is 4.35. The number of likely N-dealkylation sites (tertiary alicyclic amines) is 1. The minimum Gasteiger partial charge on any atom is -0.480 e. The summed E-state index contributed by atoms with van der Waals surface area (Å²) in [5, 5.41) is 13.3. The zero-order valence-corrected chi connectivity index (χ0v) is 13.5. The molecule has 3 rings (SSSR count). The van der Waals surface area contributed by atoms with Gasteiger partial charge >= 0.3 is 5.97 Å². The highest BCUT2D eigenvalue weighted by atomic mass is 16.5. The number of amides is 1. The monoisotopic (exact) mass is 329 g/mol. The summed E-state index contributed by atoms with van der Waals surface area (Å²) in [4.78, 5) is 27.4. The van der Waals surface area contributed by atoms with E-state index in [0.717, 1.165) is 5.56 Å². The molecule has 0 spiro atoms. The number of aliphatic carboxylic acids is 1. The van der Waals surface area contributed by atoms with Gasteiger partial charge in [0.25, 0.3) is 5.91 Å². The number of carbonyl (C=O) groups is 2. The molecule has 0 aliphatic carbocycles. The second kappa shape index (κ2) is 6.45. The van der Waals surface area contributed by atoms with E-state index in [1.165, 1.54) is 4.90 Å². The first kappa shape index (κ1) is 16.2. The second-order valence-electron chi connectivity index (χ2n) is 6.11. The van der Waals surface area contributed by atoms with Gasteiger partial charge in [-0.15, -0.1) is 0 Å². The van der Waals surface area contributed by atoms with Crippen LogP contribution in [0, 0.1) is 0 Å². The van der Waals surface area contributed by atoms with Crippen molar-refractivity contribution in [3.8, 4) is 11.3 Å². The van der Waals surface area contributed by atoms with Crippen LogP contribution in [0.15, 0.2) is 40.9 Å². The van der Waals surface area contributed by atoms with Crippen molar-refractivity contribution >= 4 is 11.9 Å². The summed E-state index contributed by atoms with van der Waals surface area (Å²) >= 11 is 0. The molecule has 7 heteroatoms. The fourth-order valence-electron chi connectivity index (χ4n) is 2.91. The molecule has 1 aromatic carbocycles. The van der Waals surface area contributed by atoms with Crippen molar-refractivity contribution < 1.29 is 19.2 Å². The quantitative estimate of drug-likeness (QED) is 0.916. The lowest BCUT2D eigenvalue weighted by Gasteiger charge is -2.20. The highest BCUT2D eigenvalue weighted by Crippen LogP contribution is 2.25. The Labute approximate surface area is 139 Å². The number of likely N-dealkylation sites (N-methyl/N-ethyl adjacent to an activating group) is 1. The van der Waals surface area contributed by atoms with E-state index in [0.29, 0.717) is 18.7 Å². The van der Waals surface area contributed by atoms with Crippen LogP contribution < -0.4 is 0 Å². The molecule has 1 N–H and O–H groups in total. The third kappa shape index (κ3) is 3.03. The lowest BCUT2D eigenvalue weighted by atomic mass is 10.1. The van der Waals surface area contributed by atoms with Crippen LogP contribution >= 0.6 is 0 Å². The van der Waals surface area contributed by atoms with Crippen LogP contribution in [0.2, 0.25) is 0 Å². The molecule has 1 fully saturated rings. The maximum Gasteiger partial charge on any atom is 0.326 e. The van der Waals surface area contributed by atoms with Crippen LogP contribution in [0.1, 0.15) is 17.0 Å². The van der Waals surface area contributed by atoms with Crippen molar-refractivity contribution in [2.24, 2.45) is 0 Å². The number of hydrogen-bond acceptors (Lipinski definition) is 5. The molecule has 1 amide bonds. The Morgan fingerprint density at radius 2 is 2.00 bits per heavy atom. The number of carbonyl (C=O) groups excluding carboxylic acids is 1. The average molecular weight is 329 g/mol. The van der Waals surface area contributed by atoms with Crippen LogP contribution in [0.4, 0.5) is 0 Å². The van der Waals surface area contributed by atoms with E-state index in [-0.39, 0.29) is 11.8 Å². The SMILES string of the molecule is CN(C)[C@@H]1C[C@@H](C(=O)O)N(C(=O)c2cc(-c3ccccc3)no2)C1. The Morgan fingerprint density at radius 1 is 1.29 bits per heavy atom. The van der Waals surface area contributed by atoms with Crippen LogP contribution in [-0.2, 0) is 4.79 Å². The number of benzene rings is 1. The van der Waals surface area contributed by atoms with Gasteiger partial charge in [0.15, 0.2) is 0 Å². The molecule has 2 atom stereocenters. The number of nitrogens with zero attached hydrogens (tertiary/aromatic N) is 3. The van der Waals surface area contributed by atoms with Crippen molar-refractivity contribution in [2.75, 3.05) is 20.6 Å². The van der Waals surface area contributed by atoms with E-state index in [4.69, 9.17) is 4.52 Å². The van der Waals surface area contributed by atoms with Gasteiger partial charge in [-0.3, -0.25) is 4.79 Å². The number of carboxylic acid groups (broad SMARTS) is 1. The first-order valence-electron chi connectivity index (χ1n) is 7.69. The summed E-state index contributed by atoms with van der Waals surface area (Å²) in [6.45, 7) is 0.351. The Morgan fingerprint density at radius 3 is 2.62 bits per heavy atom. The highest BCUT2D eigenvalue weighted by Gasteiger charge is 2.41. The standard InChI is InChI=1S/C17H19N3O4/c1-19(2)12-8-14(17(22)23)20(10-12)16(21)15-9-13(18-24-15)11-6-4-3-5-7-11/h3-7,9,12,14H,8,10H2,1-2H3,(H,22,23)/t12-,14+/m1/s1. The molecular weight excluding hydrogens is 310 g/mol. The van der Waals surface area contributed by atoms with Crippen molar-refractivity contribution in [1.29, 1.82) is 0 Å². The van der Waals surface area contributed by atoms with Gasteiger partial charge in [0, 0.05) is 24.2 Å². The summed E-state index contributed by atoms with van der Waals surface area (Å²) in [6, 6.07) is 10.1. The molecular formula is C17H19N3O4. The van der Waals surface area contributed by atoms with Gasteiger partial charge in [0.1, 0.15) is 11.7 Å². The maximum absolute atomic E-state index is 12.7. The van der Waals surface area contributed by atoms with Crippen molar-refractivity contribution in [1.82, 2.24) is 15.0 Å². The zero-order chi connectivity index (χ0) is 17.3. The Hall–Kier alpha value is -2.67. The largest absolute Gasteiger partial charge is 0.480 e. The zero-order valence-electron chi connectivity index (χ0n) is 13.5. The first-order chi connectivity index (χ1) is 11.5. The summed E-state index contributed by atoms with van der Waals surface area (Å²) in [6.07, 6.45) is 0.397. The number of hydrogen-bond donors (Lipinski definition) is 1. The Kier molecular flexibility index (Phi) is 4.35. The van der Waals surface area contributed by atoms with Crippen LogP contribution in [0.25, 0.3) is 11.3 Å². The van der Waals surface area contributed by atoms with E-state index in [1.54, 1.807) is 6.07 Å². The molecule has 1 aliphatic heterocycles. The van der Waals surface area contributed by atoms with E-state index in [1.807, 2.05) is 49.3 Å². The lowest BCUT2D eigenvalue weighted by Crippen LogP contribution is -2.40. The van der Waals surface area contributed by atoms with E-state index in [9.17, 15) is 14.7 Å². The molecule has 0 unspecified atom stereocenters. The average Bonchev–Trinajstić information content (AvgIpc) is 3.22. The topological polar surface area (TPSA) is 86.9 Å². The van der Waals surface area contributed by atoms with Gasteiger partial charge in [-0.2, -0.15) is 0 Å². The van der Waals surface area contributed by atoms with Crippen LogP contribution in [-0.4, -0.2) is 64.7 Å². The van der Waals surface area contributed by atoms with Gasteiger partial charge in [0.05, 0.1) is 0 Å². The molecule has 2 aromatic rings. The molecule has 126 valence electrons. The minimum atomic E-state index is -1.00. The predicted molar refractivity (Wildman–Crippen MR) is 86.5 cm³/mol. The van der Waals surface area contributed by atoms with Crippen molar-refractivity contribution in [2.45, 2.75) is 18.5 Å². The predicted octanol–water partition coefficient (Wildman–Crippen LogP) is 1.57. The summed E-state index contributed by atoms with van der Waals surface area (Å²) in [5.41, 5.74) is 1.39. The van der Waals surface area contributed by atoms with E-state index >= 15 is 0 Å². The smallest absolute Gasteiger partial charge is 0.326 e. The van der Waals surface area contributed by atoms with Gasteiger partial charge in [-0.25, -0.2) is 4.79 Å². The van der Waals surface area contributed by atoms with Crippen molar-refractivity contribution in [3.05, 3.63) is 42.2 Å². The second-order valence-corrected chi connectivity index (χ2v) is 6.11. The fourth-order valence-corrected chi connectivity index (χ4v) is 2.91. The van der Waals surface area contributed by atoms with Gasteiger partial charge in [-0.1, -0.05) is 35.5 Å². The molecule has 7 nitrogen and oxygen atoms in total. The van der Waals surface area contributed by atoms with Gasteiger partial charge in [0.2, 0.25) is 5.76 Å². The third-order valence-corrected chi connectivity index (χ3v) is 4.35. The number of aromatic nitrogens is 1. The molecule has 1 aromatic heterocycles. The van der Waals surface area contributed by atoms with Gasteiger partial charge < -0.3 is 19.4 Å². The highest BCUT2D eigenvalue weighted by molar-refractivity contribution is 5.95. The van der Waals surface area contributed by atoms with E-state index < -0.39 is 17.9 Å². The Bertz CT molecular complexity index is 741. The first-order valence-corrected chi connectivity index (χ1v) is 7.69. The maximum atomic E-state index is 12.7. The molecule has 1 saturated heterocycles. The molecule has 24 heavy (non-hydrogen) atoms. The molecule has 0 radical (unpaired) electrons. The van der Waals surface area contributed by atoms with E-state index in [2.05, 4.69) is 5.16 Å². The van der Waals surface area contributed by atoms with Crippen molar-refractivity contribution in [3.63, 3.8) is 0 Å². The fraction of sp³-hybridized carbons (Fsp3) is 0.353. The molecule has 0 saturated carbocycles. The summed E-state index contributed by atoms with van der Waals surface area (Å²) in [5.74, 6) is -1.39. The van der Waals surface area contributed by atoms with Crippen LogP contribution in [0.3, 0.4) is 0 Å². The Balaban J connectivity index is 1.83. The van der Waals surface area contributed by atoms with Gasteiger partial charge in [-0.05, 0) is 20.5 Å². The van der Waals surface area contributed by atoms with Crippen LogP contribution in [0.5, 0.6) is 0 Å². The summed E-state index contributed by atoms with van der Waals surface area (Å²) in [7, 11) is 3.75.